The van der Waals surface area contributed by atoms with Crippen LogP contribution < -0.4 is 15.8 Å². The number of sulfone groups is 1. The molecule has 1 aromatic rings. The molecule has 23 heavy (non-hydrogen) atoms. The van der Waals surface area contributed by atoms with Crippen LogP contribution in [0, 0.1) is 0 Å². The summed E-state index contributed by atoms with van der Waals surface area (Å²) in [4.78, 5) is 14.9. The topological polar surface area (TPSA) is 98.5 Å². The van der Waals surface area contributed by atoms with E-state index < -0.39 is 15.8 Å². The van der Waals surface area contributed by atoms with Gasteiger partial charge in [-0.1, -0.05) is 23.7 Å². The van der Waals surface area contributed by atoms with Crippen molar-refractivity contribution < 1.29 is 22.9 Å². The number of esters is 1. The van der Waals surface area contributed by atoms with Crippen LogP contribution >= 0.6 is 11.6 Å². The molecule has 0 aliphatic carbocycles. The van der Waals surface area contributed by atoms with E-state index in [1.165, 1.54) is 0 Å². The van der Waals surface area contributed by atoms with Crippen molar-refractivity contribution in [3.63, 3.8) is 0 Å². The quantitative estimate of drug-likeness (QED) is 0.289. The van der Waals surface area contributed by atoms with Crippen LogP contribution in [0.2, 0.25) is 5.02 Å². The molecule has 7 nitrogen and oxygen atoms in total. The van der Waals surface area contributed by atoms with Gasteiger partial charge < -0.3 is 4.74 Å². The molecule has 1 atom stereocenters. The van der Waals surface area contributed by atoms with E-state index in [4.69, 9.17) is 16.3 Å². The molecule has 3 N–H and O–H groups in total. The van der Waals surface area contributed by atoms with Crippen LogP contribution in [0.15, 0.2) is 24.3 Å². The van der Waals surface area contributed by atoms with Gasteiger partial charge in [0.15, 0.2) is 9.84 Å². The van der Waals surface area contributed by atoms with Crippen molar-refractivity contribution >= 4 is 38.9 Å². The Balaban J connectivity index is 2.11. The lowest BCUT2D eigenvalue weighted by molar-refractivity contribution is -0.497. The molecular formula is C14H19ClN3O4S+. The van der Waals surface area contributed by atoms with Crippen molar-refractivity contribution in [2.75, 3.05) is 23.5 Å². The van der Waals surface area contributed by atoms with Gasteiger partial charge in [-0.2, -0.15) is 5.43 Å². The number of nitrogens with one attached hydrogen (secondary N) is 3. The Bertz CT molecular complexity index is 706. The number of halogens is 1. The maximum absolute atomic E-state index is 12.0. The van der Waals surface area contributed by atoms with Gasteiger partial charge in [0.2, 0.25) is 0 Å². The normalized spacial score (nSPS) is 20.1. The van der Waals surface area contributed by atoms with Gasteiger partial charge in [-0.05, 0) is 19.1 Å². The van der Waals surface area contributed by atoms with Gasteiger partial charge in [0.05, 0.1) is 28.8 Å². The molecule has 1 aliphatic heterocycles. The maximum atomic E-state index is 12.0. The summed E-state index contributed by atoms with van der Waals surface area (Å²) >= 11 is 6.03. The monoisotopic (exact) mass is 360 g/mol. The fraction of sp³-hybridized carbons (Fsp3) is 0.429. The van der Waals surface area contributed by atoms with Crippen LogP contribution in [0.3, 0.4) is 0 Å². The SMILES string of the molecule is CCOC(=O)C(NNc1ccccc1Cl)=[NH+][C@@H]1CCS(=O)(=O)C1. The number of carbonyl (C=O) groups excluding carboxylic acids is 1. The largest absolute Gasteiger partial charge is 0.457 e. The number of ether oxygens (including phenoxy) is 1. The number of anilines is 1. The lowest BCUT2D eigenvalue weighted by Crippen LogP contribution is -2.84. The first-order chi connectivity index (χ1) is 10.9. The van der Waals surface area contributed by atoms with E-state index in [9.17, 15) is 13.2 Å². The maximum Gasteiger partial charge on any atom is 0.423 e. The summed E-state index contributed by atoms with van der Waals surface area (Å²) in [5.74, 6) is -0.451. The molecule has 0 unspecified atom stereocenters. The molecule has 0 bridgehead atoms. The minimum Gasteiger partial charge on any atom is -0.457 e. The Morgan fingerprint density at radius 3 is 2.78 bits per heavy atom. The lowest BCUT2D eigenvalue weighted by Gasteiger charge is -2.08. The van der Waals surface area contributed by atoms with E-state index in [1.54, 1.807) is 31.2 Å². The van der Waals surface area contributed by atoms with Gasteiger partial charge in [0.1, 0.15) is 6.04 Å². The van der Waals surface area contributed by atoms with Crippen LogP contribution in [-0.4, -0.2) is 44.4 Å². The predicted octanol–water partition coefficient (Wildman–Crippen LogP) is -0.514. The van der Waals surface area contributed by atoms with Gasteiger partial charge in [-0.3, -0.25) is 4.99 Å². The first-order valence-corrected chi connectivity index (χ1v) is 9.39. The van der Waals surface area contributed by atoms with E-state index in [0.717, 1.165) is 0 Å². The molecule has 0 aromatic heterocycles. The second-order valence-electron chi connectivity index (χ2n) is 5.07. The van der Waals surface area contributed by atoms with E-state index in [-0.39, 0.29) is 30.0 Å². The highest BCUT2D eigenvalue weighted by Gasteiger charge is 2.32. The first kappa shape index (κ1) is 17.6. The molecule has 126 valence electrons. The Labute approximate surface area is 140 Å². The molecule has 1 fully saturated rings. The zero-order valence-corrected chi connectivity index (χ0v) is 14.2. The van der Waals surface area contributed by atoms with Crippen LogP contribution in [0.25, 0.3) is 0 Å². The third-order valence-electron chi connectivity index (χ3n) is 3.26. The summed E-state index contributed by atoms with van der Waals surface area (Å²) in [6, 6.07) is 6.67. The van der Waals surface area contributed by atoms with Gasteiger partial charge >= 0.3 is 11.8 Å². The van der Waals surface area contributed by atoms with Gasteiger partial charge in [-0.25, -0.2) is 18.6 Å². The molecule has 0 radical (unpaired) electrons. The fourth-order valence-corrected chi connectivity index (χ4v) is 4.01. The summed E-state index contributed by atoms with van der Waals surface area (Å²) < 4.78 is 28.0. The Morgan fingerprint density at radius 1 is 1.43 bits per heavy atom. The zero-order valence-electron chi connectivity index (χ0n) is 12.6. The standard InChI is InChI=1S/C14H18ClN3O4S/c1-2-22-14(19)13(16-10-7-8-23(20,21)9-10)18-17-12-6-4-3-5-11(12)15/h3-6,10,17H,2,7-9H2,1H3,(H,16,18)/p+1/t10-/m1/s1. The lowest BCUT2D eigenvalue weighted by atomic mass is 10.3. The average Bonchev–Trinajstić information content (AvgIpc) is 2.84. The van der Waals surface area contributed by atoms with Gasteiger partial charge in [-0.15, -0.1) is 0 Å². The molecule has 9 heteroatoms. The average molecular weight is 361 g/mol. The van der Waals surface area contributed by atoms with Gasteiger partial charge in [0, 0.05) is 6.42 Å². The number of benzene rings is 1. The smallest absolute Gasteiger partial charge is 0.423 e. The number of hydrazine groups is 1. The van der Waals surface area contributed by atoms with Crippen molar-refractivity contribution in [3.05, 3.63) is 29.3 Å². The molecule has 2 rings (SSSR count). The van der Waals surface area contributed by atoms with E-state index in [0.29, 0.717) is 17.1 Å². The predicted molar refractivity (Wildman–Crippen MR) is 87.9 cm³/mol. The molecule has 1 heterocycles. The molecular weight excluding hydrogens is 342 g/mol. The fourth-order valence-electron chi connectivity index (χ4n) is 2.15. The second kappa shape index (κ2) is 7.65. The Hall–Kier alpha value is -1.80. The minimum absolute atomic E-state index is 0.0102. The molecule has 1 aliphatic rings. The number of rotatable bonds is 4. The number of para-hydroxylation sites is 1. The highest BCUT2D eigenvalue weighted by Crippen LogP contribution is 2.19. The van der Waals surface area contributed by atoms with Crippen molar-refractivity contribution in [2.45, 2.75) is 19.4 Å². The third kappa shape index (κ3) is 5.11. The molecule has 1 saturated heterocycles. The highest BCUT2D eigenvalue weighted by atomic mass is 35.5. The summed E-state index contributed by atoms with van der Waals surface area (Å²) in [7, 11) is -3.05. The number of carbonyl (C=O) groups is 1. The first-order valence-electron chi connectivity index (χ1n) is 7.19. The number of amidine groups is 1. The zero-order chi connectivity index (χ0) is 16.9. The van der Waals surface area contributed by atoms with E-state index in [1.807, 2.05) is 0 Å². The van der Waals surface area contributed by atoms with E-state index in [2.05, 4.69) is 15.8 Å². The van der Waals surface area contributed by atoms with Crippen molar-refractivity contribution in [2.24, 2.45) is 0 Å². The van der Waals surface area contributed by atoms with Crippen molar-refractivity contribution in [3.8, 4) is 0 Å². The molecule has 0 saturated carbocycles. The third-order valence-corrected chi connectivity index (χ3v) is 5.35. The minimum atomic E-state index is -3.05. The Kier molecular flexibility index (Phi) is 5.84. The summed E-state index contributed by atoms with van der Waals surface area (Å²) in [5, 5.41) is 0.478. The highest BCUT2D eigenvalue weighted by molar-refractivity contribution is 7.91. The van der Waals surface area contributed by atoms with Crippen molar-refractivity contribution in [1.29, 1.82) is 0 Å². The van der Waals surface area contributed by atoms with Crippen LogP contribution in [0.1, 0.15) is 13.3 Å². The van der Waals surface area contributed by atoms with Gasteiger partial charge in [0.25, 0.3) is 0 Å². The molecule has 1 aromatic carbocycles. The van der Waals surface area contributed by atoms with Crippen molar-refractivity contribution in [1.82, 2.24) is 5.43 Å². The van der Waals surface area contributed by atoms with Crippen LogP contribution in [-0.2, 0) is 19.4 Å². The van der Waals surface area contributed by atoms with Crippen LogP contribution in [0.4, 0.5) is 5.69 Å². The van der Waals surface area contributed by atoms with E-state index >= 15 is 0 Å². The van der Waals surface area contributed by atoms with Crippen LogP contribution in [0.5, 0.6) is 0 Å². The number of hydrogen-bond donors (Lipinski definition) is 3. The summed E-state index contributed by atoms with van der Waals surface area (Å²) in [6.45, 7) is 1.90. The summed E-state index contributed by atoms with van der Waals surface area (Å²) in [5.41, 5.74) is 6.11. The second-order valence-corrected chi connectivity index (χ2v) is 7.71. The molecule has 0 amide bonds. The number of hydrogen-bond acceptors (Lipinski definition) is 5. The molecule has 0 spiro atoms. The summed E-state index contributed by atoms with van der Waals surface area (Å²) in [6.07, 6.45) is 0.443. The Morgan fingerprint density at radius 2 is 2.17 bits per heavy atom.